The summed E-state index contributed by atoms with van der Waals surface area (Å²) < 4.78 is 24.6. The molecule has 9 nitrogen and oxygen atoms in total. The first-order chi connectivity index (χ1) is 12.0. The maximum atomic E-state index is 12.2. The van der Waals surface area contributed by atoms with Crippen molar-refractivity contribution in [1.29, 1.82) is 0 Å². The largest absolute Gasteiger partial charge is 0.355 e. The van der Waals surface area contributed by atoms with E-state index in [1.807, 2.05) is 17.0 Å². The molecule has 0 saturated carbocycles. The van der Waals surface area contributed by atoms with E-state index in [1.54, 1.807) is 17.1 Å². The zero-order valence-corrected chi connectivity index (χ0v) is 14.3. The number of carbonyl (C=O) groups excluding carboxylic acids is 1. The summed E-state index contributed by atoms with van der Waals surface area (Å²) in [6.07, 6.45) is 5.45. The van der Waals surface area contributed by atoms with E-state index in [-0.39, 0.29) is 29.4 Å². The number of aromatic nitrogens is 4. The maximum Gasteiger partial charge on any atom is 0.226 e. The smallest absolute Gasteiger partial charge is 0.226 e. The van der Waals surface area contributed by atoms with Crippen LogP contribution < -0.4 is 10.2 Å². The first-order valence-corrected chi connectivity index (χ1v) is 9.90. The molecule has 2 aromatic heterocycles. The summed E-state index contributed by atoms with van der Waals surface area (Å²) in [4.78, 5) is 22.7. The summed E-state index contributed by atoms with van der Waals surface area (Å²) in [6, 6.07) is 3.39. The van der Waals surface area contributed by atoms with Crippen molar-refractivity contribution in [2.75, 3.05) is 29.5 Å². The minimum absolute atomic E-state index is 0.0499. The number of nitrogens with zero attached hydrogens (tertiary/aromatic N) is 5. The van der Waals surface area contributed by atoms with Crippen LogP contribution in [0.25, 0.3) is 5.82 Å². The molecule has 1 amide bonds. The lowest BCUT2D eigenvalue weighted by Crippen LogP contribution is -2.55. The summed E-state index contributed by atoms with van der Waals surface area (Å²) in [6.45, 7) is 1.11. The van der Waals surface area contributed by atoms with Gasteiger partial charge in [0.15, 0.2) is 15.7 Å². The predicted molar refractivity (Wildman–Crippen MR) is 90.1 cm³/mol. The van der Waals surface area contributed by atoms with Gasteiger partial charge in [0.25, 0.3) is 0 Å². The molecule has 2 aliphatic heterocycles. The molecule has 4 heterocycles. The van der Waals surface area contributed by atoms with Gasteiger partial charge in [0.2, 0.25) is 5.91 Å². The number of anilines is 1. The molecule has 0 radical (unpaired) electrons. The second-order valence-electron chi connectivity index (χ2n) is 6.40. The Morgan fingerprint density at radius 2 is 2.04 bits per heavy atom. The van der Waals surface area contributed by atoms with E-state index >= 15 is 0 Å². The van der Waals surface area contributed by atoms with E-state index in [0.29, 0.717) is 25.3 Å². The van der Waals surface area contributed by atoms with Crippen LogP contribution >= 0.6 is 0 Å². The Hall–Kier alpha value is -2.49. The van der Waals surface area contributed by atoms with E-state index < -0.39 is 9.84 Å². The number of sulfone groups is 1. The van der Waals surface area contributed by atoms with Crippen LogP contribution in [0.1, 0.15) is 6.42 Å². The lowest BCUT2D eigenvalue weighted by Gasteiger charge is -2.39. The van der Waals surface area contributed by atoms with Gasteiger partial charge >= 0.3 is 0 Å². The second-order valence-corrected chi connectivity index (χ2v) is 8.62. The Labute approximate surface area is 145 Å². The molecule has 1 N–H and O–H groups in total. The standard InChI is InChI=1S/C15H18N6O3S/c22-15(19-12-2-5-25(23,24)9-12)11-7-20(8-11)13-6-14(17-10-16-13)21-4-1-3-18-21/h1,3-4,6,10-12H,2,5,7-9H2,(H,19,22)/t12-/m1/s1. The number of hydrogen-bond acceptors (Lipinski definition) is 7. The van der Waals surface area contributed by atoms with Crippen molar-refractivity contribution in [3.63, 3.8) is 0 Å². The first kappa shape index (κ1) is 16.0. The molecule has 25 heavy (non-hydrogen) atoms. The SMILES string of the molecule is O=C(N[C@@H]1CCS(=O)(=O)C1)C1CN(c2cc(-n3cccn3)ncn2)C1. The molecule has 0 spiro atoms. The van der Waals surface area contributed by atoms with Gasteiger partial charge in [-0.3, -0.25) is 4.79 Å². The number of amides is 1. The van der Waals surface area contributed by atoms with Crippen molar-refractivity contribution in [2.45, 2.75) is 12.5 Å². The molecular formula is C15H18N6O3S. The van der Waals surface area contributed by atoms with Gasteiger partial charge < -0.3 is 10.2 Å². The summed E-state index contributed by atoms with van der Waals surface area (Å²) in [5, 5.41) is 6.99. The molecule has 0 aliphatic carbocycles. The van der Waals surface area contributed by atoms with Crippen molar-refractivity contribution in [2.24, 2.45) is 5.92 Å². The molecule has 2 aromatic rings. The van der Waals surface area contributed by atoms with Crippen molar-refractivity contribution >= 4 is 21.6 Å². The third-order valence-electron chi connectivity index (χ3n) is 4.53. The highest BCUT2D eigenvalue weighted by Crippen LogP contribution is 2.24. The number of hydrogen-bond donors (Lipinski definition) is 1. The molecule has 2 saturated heterocycles. The average molecular weight is 362 g/mol. The van der Waals surface area contributed by atoms with Crippen LogP contribution in [0.2, 0.25) is 0 Å². The maximum absolute atomic E-state index is 12.2. The third-order valence-corrected chi connectivity index (χ3v) is 6.30. The Bertz CT molecular complexity index is 876. The van der Waals surface area contributed by atoms with Crippen LogP contribution in [0, 0.1) is 5.92 Å². The molecular weight excluding hydrogens is 344 g/mol. The molecule has 2 fully saturated rings. The monoisotopic (exact) mass is 362 g/mol. The Balaban J connectivity index is 1.34. The topological polar surface area (TPSA) is 110 Å². The minimum Gasteiger partial charge on any atom is -0.355 e. The highest BCUT2D eigenvalue weighted by Gasteiger charge is 2.36. The van der Waals surface area contributed by atoms with E-state index in [1.165, 1.54) is 6.33 Å². The zero-order valence-electron chi connectivity index (χ0n) is 13.4. The fourth-order valence-corrected chi connectivity index (χ4v) is 4.77. The highest BCUT2D eigenvalue weighted by atomic mass is 32.2. The Morgan fingerprint density at radius 1 is 1.24 bits per heavy atom. The van der Waals surface area contributed by atoms with Gasteiger partial charge in [-0.25, -0.2) is 23.1 Å². The highest BCUT2D eigenvalue weighted by molar-refractivity contribution is 7.91. The normalized spacial score (nSPS) is 22.6. The number of nitrogens with one attached hydrogen (secondary N) is 1. The lowest BCUT2D eigenvalue weighted by atomic mass is 9.98. The number of rotatable bonds is 4. The van der Waals surface area contributed by atoms with Gasteiger partial charge in [-0.2, -0.15) is 5.10 Å². The molecule has 0 bridgehead atoms. The zero-order chi connectivity index (χ0) is 17.4. The summed E-state index contributed by atoms with van der Waals surface area (Å²) in [5.41, 5.74) is 0. The van der Waals surface area contributed by atoms with Crippen molar-refractivity contribution in [3.8, 4) is 5.82 Å². The van der Waals surface area contributed by atoms with Gasteiger partial charge in [-0.05, 0) is 12.5 Å². The molecule has 4 rings (SSSR count). The van der Waals surface area contributed by atoms with E-state index in [0.717, 1.165) is 5.82 Å². The summed E-state index contributed by atoms with van der Waals surface area (Å²) >= 11 is 0. The Morgan fingerprint density at radius 3 is 2.72 bits per heavy atom. The molecule has 2 aliphatic rings. The van der Waals surface area contributed by atoms with Gasteiger partial charge in [-0.15, -0.1) is 0 Å². The molecule has 1 atom stereocenters. The minimum atomic E-state index is -2.99. The third kappa shape index (κ3) is 3.34. The van der Waals surface area contributed by atoms with Crippen LogP contribution in [0.5, 0.6) is 0 Å². The average Bonchev–Trinajstić information content (AvgIpc) is 3.16. The summed E-state index contributed by atoms with van der Waals surface area (Å²) in [7, 11) is -2.99. The van der Waals surface area contributed by atoms with Gasteiger partial charge in [-0.1, -0.05) is 0 Å². The quantitative estimate of drug-likeness (QED) is 0.773. The molecule has 0 unspecified atom stereocenters. The van der Waals surface area contributed by atoms with Crippen LogP contribution in [0.15, 0.2) is 30.9 Å². The lowest BCUT2D eigenvalue weighted by molar-refractivity contribution is -0.126. The second kappa shape index (κ2) is 6.10. The molecule has 0 aromatic carbocycles. The Kier molecular flexibility index (Phi) is 3.91. The number of carbonyl (C=O) groups is 1. The molecule has 10 heteroatoms. The van der Waals surface area contributed by atoms with Gasteiger partial charge in [0.05, 0.1) is 17.4 Å². The van der Waals surface area contributed by atoms with Crippen LogP contribution in [-0.2, 0) is 14.6 Å². The predicted octanol–water partition coefficient (Wildman–Crippen LogP) is -0.598. The van der Waals surface area contributed by atoms with E-state index in [4.69, 9.17) is 0 Å². The van der Waals surface area contributed by atoms with Crippen LogP contribution in [0.3, 0.4) is 0 Å². The van der Waals surface area contributed by atoms with Crippen LogP contribution in [0.4, 0.5) is 5.82 Å². The van der Waals surface area contributed by atoms with Crippen molar-refractivity contribution < 1.29 is 13.2 Å². The summed E-state index contributed by atoms with van der Waals surface area (Å²) in [5.74, 6) is 1.39. The fraction of sp³-hybridized carbons (Fsp3) is 0.467. The van der Waals surface area contributed by atoms with Gasteiger partial charge in [0, 0.05) is 37.6 Å². The molecule has 132 valence electrons. The first-order valence-electron chi connectivity index (χ1n) is 8.08. The van der Waals surface area contributed by atoms with Crippen LogP contribution in [-0.4, -0.2) is 64.7 Å². The van der Waals surface area contributed by atoms with E-state index in [9.17, 15) is 13.2 Å². The van der Waals surface area contributed by atoms with Crippen molar-refractivity contribution in [3.05, 3.63) is 30.9 Å². The van der Waals surface area contributed by atoms with Crippen molar-refractivity contribution in [1.82, 2.24) is 25.1 Å². The van der Waals surface area contributed by atoms with E-state index in [2.05, 4.69) is 20.4 Å². The fourth-order valence-electron chi connectivity index (χ4n) is 3.10. The van der Waals surface area contributed by atoms with Gasteiger partial charge in [0.1, 0.15) is 12.1 Å².